The molecule has 6 nitrogen and oxygen atoms in total. The van der Waals surface area contributed by atoms with Crippen molar-refractivity contribution in [3.05, 3.63) is 54.4 Å². The summed E-state index contributed by atoms with van der Waals surface area (Å²) in [5.41, 5.74) is 5.42. The monoisotopic (exact) mass is 340 g/mol. The summed E-state index contributed by atoms with van der Waals surface area (Å²) >= 11 is 1.46. The van der Waals surface area contributed by atoms with E-state index < -0.39 is 0 Å². The average molecular weight is 340 g/mol. The lowest BCUT2D eigenvalue weighted by atomic mass is 10.3. The van der Waals surface area contributed by atoms with Gasteiger partial charge in [0.1, 0.15) is 0 Å². The van der Waals surface area contributed by atoms with Gasteiger partial charge in [0.15, 0.2) is 11.0 Å². The van der Waals surface area contributed by atoms with E-state index in [4.69, 9.17) is 0 Å². The van der Waals surface area contributed by atoms with Gasteiger partial charge in [0.2, 0.25) is 0 Å². The lowest BCUT2D eigenvalue weighted by molar-refractivity contribution is -0.705. The summed E-state index contributed by atoms with van der Waals surface area (Å²) in [7, 11) is 0. The first-order valence-corrected chi connectivity index (χ1v) is 8.62. The Kier molecular flexibility index (Phi) is 5.22. The number of aromatic amines is 1. The number of aromatic nitrogens is 3. The van der Waals surface area contributed by atoms with Crippen LogP contribution >= 0.6 is 11.8 Å². The molecule has 0 fully saturated rings. The topological polar surface area (TPSA) is 74.0 Å². The molecule has 0 radical (unpaired) electrons. The number of carbonyl (C=O) groups excluding carboxylic acids is 1. The molecule has 0 bridgehead atoms. The Morgan fingerprint density at radius 1 is 1.33 bits per heavy atom. The Morgan fingerprint density at radius 2 is 2.17 bits per heavy atom. The highest BCUT2D eigenvalue weighted by Gasteiger charge is 2.18. The molecule has 24 heavy (non-hydrogen) atoms. The Balaban J connectivity index is 1.59. The second kappa shape index (κ2) is 7.74. The van der Waals surface area contributed by atoms with E-state index >= 15 is 0 Å². The number of H-pyrrole nitrogens is 1. The number of hydrogen-bond donors (Lipinski definition) is 2. The quantitative estimate of drug-likeness (QED) is 0.312. The molecular weight excluding hydrogens is 322 g/mol. The maximum Gasteiger partial charge on any atom is 0.317 e. The fraction of sp³-hybridized carbons (Fsp3) is 0.176. The average Bonchev–Trinajstić information content (AvgIpc) is 2.98. The predicted octanol–water partition coefficient (Wildman–Crippen LogP) is 2.11. The first-order chi connectivity index (χ1) is 11.8. The normalized spacial score (nSPS) is 11.2. The van der Waals surface area contributed by atoms with E-state index in [-0.39, 0.29) is 11.7 Å². The minimum atomic E-state index is -0.159. The molecule has 122 valence electrons. The van der Waals surface area contributed by atoms with Crippen molar-refractivity contribution in [1.29, 1.82) is 0 Å². The third-order valence-corrected chi connectivity index (χ3v) is 4.41. The number of hydrazone groups is 1. The van der Waals surface area contributed by atoms with Crippen LogP contribution in [-0.2, 0) is 11.3 Å². The van der Waals surface area contributed by atoms with Gasteiger partial charge in [-0.25, -0.2) is 15.0 Å². The molecule has 0 aliphatic rings. The molecule has 2 N–H and O–H groups in total. The number of nitrogens with zero attached hydrogens (tertiary/aromatic N) is 3. The van der Waals surface area contributed by atoms with Crippen LogP contribution in [0.2, 0.25) is 0 Å². The van der Waals surface area contributed by atoms with Crippen LogP contribution in [-0.4, -0.2) is 27.8 Å². The largest absolute Gasteiger partial charge is 0.317 e. The van der Waals surface area contributed by atoms with E-state index in [1.54, 1.807) is 6.20 Å². The Labute approximate surface area is 144 Å². The number of nitrogens with one attached hydrogen (secondary N) is 2. The maximum atomic E-state index is 11.9. The first kappa shape index (κ1) is 16.2. The summed E-state index contributed by atoms with van der Waals surface area (Å²) in [6.07, 6.45) is 3.20. The molecule has 0 saturated heterocycles. The molecule has 1 aromatic carbocycles. The molecule has 3 aromatic rings. The van der Waals surface area contributed by atoms with Crippen LogP contribution in [0.4, 0.5) is 0 Å². The summed E-state index contributed by atoms with van der Waals surface area (Å²) in [5.74, 6) is 0.125. The van der Waals surface area contributed by atoms with Crippen LogP contribution in [0.5, 0.6) is 0 Å². The second-order valence-corrected chi connectivity index (χ2v) is 5.99. The van der Waals surface area contributed by atoms with Crippen molar-refractivity contribution in [1.82, 2.24) is 15.4 Å². The van der Waals surface area contributed by atoms with Crippen molar-refractivity contribution in [3.63, 3.8) is 0 Å². The van der Waals surface area contributed by atoms with Crippen molar-refractivity contribution in [3.8, 4) is 0 Å². The Bertz CT molecular complexity index is 860. The zero-order valence-electron chi connectivity index (χ0n) is 13.3. The van der Waals surface area contributed by atoms with Gasteiger partial charge in [-0.2, -0.15) is 5.10 Å². The summed E-state index contributed by atoms with van der Waals surface area (Å²) in [5, 5.41) is 4.88. The summed E-state index contributed by atoms with van der Waals surface area (Å²) < 4.78 is 2.16. The van der Waals surface area contributed by atoms with Crippen LogP contribution < -0.4 is 9.99 Å². The number of carbonyl (C=O) groups is 1. The maximum absolute atomic E-state index is 11.9. The molecule has 0 aliphatic carbocycles. The zero-order chi connectivity index (χ0) is 16.8. The molecule has 2 heterocycles. The number of hydrogen-bond acceptors (Lipinski definition) is 4. The molecule has 1 amide bonds. The second-order valence-electron chi connectivity index (χ2n) is 5.03. The first-order valence-electron chi connectivity index (χ1n) is 7.64. The lowest BCUT2D eigenvalue weighted by Crippen LogP contribution is -2.34. The highest BCUT2D eigenvalue weighted by molar-refractivity contribution is 7.99. The number of imidazole rings is 1. The third-order valence-electron chi connectivity index (χ3n) is 3.41. The smallest absolute Gasteiger partial charge is 0.272 e. The predicted molar refractivity (Wildman–Crippen MR) is 94.9 cm³/mol. The van der Waals surface area contributed by atoms with Crippen LogP contribution in [0.1, 0.15) is 12.6 Å². The SMILES string of the molecule is CC[n+]1c(SCC(=O)NN=Cc2ccccn2)[nH]c2ccccc21. The number of thioether (sulfide) groups is 1. The van der Waals surface area contributed by atoms with Crippen molar-refractivity contribution < 1.29 is 9.36 Å². The summed E-state index contributed by atoms with van der Waals surface area (Å²) in [4.78, 5) is 19.4. The van der Waals surface area contributed by atoms with Crippen LogP contribution in [0.3, 0.4) is 0 Å². The number of benzene rings is 1. The molecule has 7 heteroatoms. The fourth-order valence-corrected chi connectivity index (χ4v) is 3.22. The van der Waals surface area contributed by atoms with E-state index in [0.29, 0.717) is 5.69 Å². The minimum absolute atomic E-state index is 0.159. The zero-order valence-corrected chi connectivity index (χ0v) is 14.1. The van der Waals surface area contributed by atoms with E-state index in [1.807, 2.05) is 36.4 Å². The number of amides is 1. The van der Waals surface area contributed by atoms with E-state index in [1.165, 1.54) is 18.0 Å². The number of pyridine rings is 1. The Morgan fingerprint density at radius 3 is 2.96 bits per heavy atom. The highest BCUT2D eigenvalue weighted by Crippen LogP contribution is 2.17. The molecule has 0 aliphatic heterocycles. The van der Waals surface area contributed by atoms with E-state index in [2.05, 4.69) is 38.1 Å². The highest BCUT2D eigenvalue weighted by atomic mass is 32.2. The lowest BCUT2D eigenvalue weighted by Gasteiger charge is -1.99. The van der Waals surface area contributed by atoms with Crippen molar-refractivity contribution in [2.45, 2.75) is 18.6 Å². The molecule has 0 atom stereocenters. The van der Waals surface area contributed by atoms with E-state index in [9.17, 15) is 4.79 Å². The standard InChI is InChI=1S/C17H17N5OS/c1-2-22-15-9-4-3-8-14(15)20-17(22)24-12-16(23)21-19-11-13-7-5-6-10-18-13/h3-11H,2,12H2,1H3,(H,18,21,23)/p+1. The van der Waals surface area contributed by atoms with Gasteiger partial charge in [0, 0.05) is 6.20 Å². The molecule has 0 unspecified atom stereocenters. The van der Waals surface area contributed by atoms with Crippen molar-refractivity contribution >= 4 is 34.9 Å². The molecule has 3 rings (SSSR count). The summed E-state index contributed by atoms with van der Waals surface area (Å²) in [6.45, 7) is 2.92. The number of aryl methyl sites for hydroxylation is 1. The van der Waals surface area contributed by atoms with Gasteiger partial charge in [-0.15, -0.1) is 0 Å². The number of rotatable bonds is 6. The van der Waals surface area contributed by atoms with E-state index in [0.717, 1.165) is 22.7 Å². The number of fused-ring (bicyclic) bond motifs is 1. The molecule has 2 aromatic heterocycles. The fourth-order valence-electron chi connectivity index (χ4n) is 2.32. The minimum Gasteiger partial charge on any atom is -0.272 e. The van der Waals surface area contributed by atoms with Gasteiger partial charge >= 0.3 is 5.16 Å². The van der Waals surface area contributed by atoms with Crippen LogP contribution in [0, 0.1) is 0 Å². The van der Waals surface area contributed by atoms with Crippen LogP contribution in [0.15, 0.2) is 58.9 Å². The molecule has 0 spiro atoms. The van der Waals surface area contributed by atoms with Gasteiger partial charge in [0.25, 0.3) is 5.91 Å². The van der Waals surface area contributed by atoms with Crippen LogP contribution in [0.25, 0.3) is 11.0 Å². The van der Waals surface area contributed by atoms with Crippen molar-refractivity contribution in [2.75, 3.05) is 5.75 Å². The van der Waals surface area contributed by atoms with Crippen molar-refractivity contribution in [2.24, 2.45) is 5.10 Å². The molecule has 0 saturated carbocycles. The van der Waals surface area contributed by atoms with Gasteiger partial charge in [-0.3, -0.25) is 9.78 Å². The third kappa shape index (κ3) is 3.80. The molecular formula is C17H18N5OS+. The number of para-hydroxylation sites is 2. The van der Waals surface area contributed by atoms with Gasteiger partial charge in [0.05, 0.1) is 24.2 Å². The Hall–Kier alpha value is -2.67. The van der Waals surface area contributed by atoms with Gasteiger partial charge < -0.3 is 0 Å². The van der Waals surface area contributed by atoms with Gasteiger partial charge in [-0.05, 0) is 43.0 Å². The van der Waals surface area contributed by atoms with Gasteiger partial charge in [-0.1, -0.05) is 18.2 Å². The summed E-state index contributed by atoms with van der Waals surface area (Å²) in [6, 6.07) is 13.6.